The van der Waals surface area contributed by atoms with Crippen molar-refractivity contribution in [1.82, 2.24) is 0 Å². The van der Waals surface area contributed by atoms with Crippen LogP contribution in [0.5, 0.6) is 0 Å². The van der Waals surface area contributed by atoms with Crippen LogP contribution in [0.1, 0.15) is 32.1 Å². The van der Waals surface area contributed by atoms with Crippen LogP contribution in [0.15, 0.2) is 12.7 Å². The lowest BCUT2D eigenvalue weighted by Gasteiger charge is -2.43. The van der Waals surface area contributed by atoms with Gasteiger partial charge in [0, 0.05) is 0 Å². The molecule has 4 rings (SSSR count). The molecule has 5 atom stereocenters. The average Bonchev–Trinajstić information content (AvgIpc) is 2.37. The van der Waals surface area contributed by atoms with Crippen molar-refractivity contribution in [3.05, 3.63) is 12.7 Å². The van der Waals surface area contributed by atoms with Crippen LogP contribution >= 0.6 is 0 Å². The van der Waals surface area contributed by atoms with Gasteiger partial charge in [0.25, 0.3) is 0 Å². The van der Waals surface area contributed by atoms with Gasteiger partial charge in [-0.1, -0.05) is 12.5 Å². The van der Waals surface area contributed by atoms with Gasteiger partial charge in [0.15, 0.2) is 0 Å². The van der Waals surface area contributed by atoms with Crippen molar-refractivity contribution < 1.29 is 5.11 Å². The highest BCUT2D eigenvalue weighted by Crippen LogP contribution is 2.60. The molecule has 0 amide bonds. The molecule has 13 heavy (non-hydrogen) atoms. The van der Waals surface area contributed by atoms with Crippen LogP contribution < -0.4 is 0 Å². The molecule has 1 heteroatoms. The molecular formula is C12H18O. The Labute approximate surface area is 79.8 Å². The molecule has 4 fully saturated rings. The molecule has 0 aromatic heterocycles. The monoisotopic (exact) mass is 178 g/mol. The molecule has 0 spiro atoms. The maximum Gasteiger partial charge on any atom is 0.0858 e. The zero-order valence-corrected chi connectivity index (χ0v) is 8.08. The van der Waals surface area contributed by atoms with Crippen molar-refractivity contribution in [2.75, 3.05) is 0 Å². The van der Waals surface area contributed by atoms with Crippen molar-refractivity contribution >= 4 is 0 Å². The zero-order valence-electron chi connectivity index (χ0n) is 8.08. The van der Waals surface area contributed by atoms with E-state index in [9.17, 15) is 5.11 Å². The van der Waals surface area contributed by atoms with Gasteiger partial charge in [0.1, 0.15) is 0 Å². The Morgan fingerprint density at radius 1 is 1.31 bits per heavy atom. The van der Waals surface area contributed by atoms with Crippen molar-refractivity contribution in [2.45, 2.75) is 37.7 Å². The van der Waals surface area contributed by atoms with Crippen LogP contribution in [0.25, 0.3) is 0 Å². The van der Waals surface area contributed by atoms with E-state index in [0.717, 1.165) is 24.2 Å². The quantitative estimate of drug-likeness (QED) is 0.611. The van der Waals surface area contributed by atoms with Crippen LogP contribution in [-0.4, -0.2) is 10.7 Å². The molecule has 72 valence electrons. The molecule has 0 saturated heterocycles. The molecule has 4 aliphatic rings. The third kappa shape index (κ3) is 0.914. The van der Waals surface area contributed by atoms with Crippen molar-refractivity contribution in [1.29, 1.82) is 0 Å². The van der Waals surface area contributed by atoms with E-state index in [1.165, 1.54) is 25.7 Å². The van der Waals surface area contributed by atoms with Crippen molar-refractivity contribution in [3.63, 3.8) is 0 Å². The number of hydrogen-bond acceptors (Lipinski definition) is 1. The predicted octanol–water partition coefficient (Wildman–Crippen LogP) is 2.36. The fraction of sp³-hybridized carbons (Fsp3) is 0.833. The number of fused-ring (bicyclic) bond motifs is 1. The van der Waals surface area contributed by atoms with Gasteiger partial charge < -0.3 is 5.11 Å². The van der Waals surface area contributed by atoms with E-state index in [1.54, 1.807) is 0 Å². The summed E-state index contributed by atoms with van der Waals surface area (Å²) in [6.45, 7) is 3.81. The lowest BCUT2D eigenvalue weighted by atomic mass is 9.63. The van der Waals surface area contributed by atoms with E-state index in [-0.39, 0.29) is 0 Å². The molecule has 1 N–H and O–H groups in total. The number of hydrogen-bond donors (Lipinski definition) is 1. The maximum atomic E-state index is 10.4. The lowest BCUT2D eigenvalue weighted by molar-refractivity contribution is 0.00245. The van der Waals surface area contributed by atoms with E-state index in [0.29, 0.717) is 5.92 Å². The van der Waals surface area contributed by atoms with Gasteiger partial charge in [-0.05, 0) is 49.4 Å². The minimum Gasteiger partial charge on any atom is -0.385 e. The van der Waals surface area contributed by atoms with Crippen LogP contribution in [0.2, 0.25) is 0 Å². The molecule has 4 bridgehead atoms. The van der Waals surface area contributed by atoms with Gasteiger partial charge in [-0.3, -0.25) is 0 Å². The standard InChI is InChI=1S/C12H18O/c1-2-12(13)7-9-5-8-3-4-10(9)11(12)6-8/h2,8-11,13H,1,3-7H2. The van der Waals surface area contributed by atoms with Crippen molar-refractivity contribution in [3.8, 4) is 0 Å². The normalized spacial score (nSPS) is 58.2. The van der Waals surface area contributed by atoms with E-state index in [1.807, 2.05) is 6.08 Å². The third-order valence-corrected chi connectivity index (χ3v) is 4.84. The van der Waals surface area contributed by atoms with Crippen LogP contribution in [0.4, 0.5) is 0 Å². The molecule has 4 saturated carbocycles. The molecule has 0 aromatic rings. The Kier molecular flexibility index (Phi) is 1.48. The average molecular weight is 178 g/mol. The Bertz CT molecular complexity index is 248. The van der Waals surface area contributed by atoms with Crippen LogP contribution in [-0.2, 0) is 0 Å². The fourth-order valence-electron chi connectivity index (χ4n) is 4.28. The lowest BCUT2D eigenvalue weighted by Crippen LogP contribution is -2.39. The Morgan fingerprint density at radius 2 is 2.15 bits per heavy atom. The Morgan fingerprint density at radius 3 is 2.77 bits per heavy atom. The molecule has 5 unspecified atom stereocenters. The Balaban J connectivity index is 1.97. The molecular weight excluding hydrogens is 160 g/mol. The molecule has 0 heterocycles. The van der Waals surface area contributed by atoms with Gasteiger partial charge in [-0.15, -0.1) is 6.58 Å². The second kappa shape index (κ2) is 2.38. The topological polar surface area (TPSA) is 20.2 Å². The van der Waals surface area contributed by atoms with Gasteiger partial charge in [-0.25, -0.2) is 0 Å². The summed E-state index contributed by atoms with van der Waals surface area (Å²) in [7, 11) is 0. The summed E-state index contributed by atoms with van der Waals surface area (Å²) in [6.07, 6.45) is 8.27. The summed E-state index contributed by atoms with van der Waals surface area (Å²) in [5.74, 6) is 3.13. The number of aliphatic hydroxyl groups is 1. The fourth-order valence-corrected chi connectivity index (χ4v) is 4.28. The predicted molar refractivity (Wildman–Crippen MR) is 52.2 cm³/mol. The molecule has 1 nitrogen and oxygen atoms in total. The minimum absolute atomic E-state index is 0.496. The van der Waals surface area contributed by atoms with E-state index in [2.05, 4.69) is 6.58 Å². The molecule has 0 radical (unpaired) electrons. The first-order valence-electron chi connectivity index (χ1n) is 5.59. The van der Waals surface area contributed by atoms with Gasteiger partial charge in [0.2, 0.25) is 0 Å². The van der Waals surface area contributed by atoms with Gasteiger partial charge >= 0.3 is 0 Å². The third-order valence-electron chi connectivity index (χ3n) is 4.84. The summed E-state index contributed by atoms with van der Waals surface area (Å²) in [4.78, 5) is 0. The van der Waals surface area contributed by atoms with E-state index < -0.39 is 5.60 Å². The largest absolute Gasteiger partial charge is 0.385 e. The zero-order chi connectivity index (χ0) is 9.05. The molecule has 4 aliphatic carbocycles. The van der Waals surface area contributed by atoms with E-state index >= 15 is 0 Å². The van der Waals surface area contributed by atoms with Crippen LogP contribution in [0.3, 0.4) is 0 Å². The van der Waals surface area contributed by atoms with Crippen molar-refractivity contribution in [2.24, 2.45) is 23.7 Å². The first-order valence-corrected chi connectivity index (χ1v) is 5.59. The second-order valence-corrected chi connectivity index (χ2v) is 5.34. The Hall–Kier alpha value is -0.300. The van der Waals surface area contributed by atoms with Crippen LogP contribution in [0, 0.1) is 23.7 Å². The smallest absolute Gasteiger partial charge is 0.0858 e. The second-order valence-electron chi connectivity index (χ2n) is 5.34. The highest BCUT2D eigenvalue weighted by atomic mass is 16.3. The highest BCUT2D eigenvalue weighted by molar-refractivity contribution is 5.14. The highest BCUT2D eigenvalue weighted by Gasteiger charge is 2.56. The molecule has 0 aliphatic heterocycles. The minimum atomic E-state index is -0.496. The maximum absolute atomic E-state index is 10.4. The van der Waals surface area contributed by atoms with E-state index in [4.69, 9.17) is 0 Å². The molecule has 0 aromatic carbocycles. The summed E-state index contributed by atoms with van der Waals surface area (Å²) in [5.41, 5.74) is -0.496. The number of rotatable bonds is 1. The first-order chi connectivity index (χ1) is 6.23. The summed E-state index contributed by atoms with van der Waals surface area (Å²) >= 11 is 0. The SMILES string of the molecule is C=CC1(O)CC2CC3CCC2C1C3. The summed E-state index contributed by atoms with van der Waals surface area (Å²) in [5, 5.41) is 10.4. The summed E-state index contributed by atoms with van der Waals surface area (Å²) < 4.78 is 0. The van der Waals surface area contributed by atoms with Gasteiger partial charge in [-0.2, -0.15) is 0 Å². The first kappa shape index (κ1) is 8.05. The summed E-state index contributed by atoms with van der Waals surface area (Å²) in [6, 6.07) is 0. The van der Waals surface area contributed by atoms with Gasteiger partial charge in [0.05, 0.1) is 5.60 Å².